The molecule has 0 radical (unpaired) electrons. The molecular weight excluding hydrogens is 278 g/mol. The van der Waals surface area contributed by atoms with Crippen LogP contribution in [-0.4, -0.2) is 19.8 Å². The predicted molar refractivity (Wildman–Crippen MR) is 76.1 cm³/mol. The van der Waals surface area contributed by atoms with Crippen molar-refractivity contribution in [2.24, 2.45) is 5.92 Å². The zero-order valence-corrected chi connectivity index (χ0v) is 12.3. The van der Waals surface area contributed by atoms with Crippen LogP contribution in [0.1, 0.15) is 25.8 Å². The maximum Gasteiger partial charge on any atom is 0.0489 e. The van der Waals surface area contributed by atoms with Crippen molar-refractivity contribution in [1.82, 2.24) is 5.32 Å². The molecule has 3 heteroatoms. The van der Waals surface area contributed by atoms with Crippen molar-refractivity contribution >= 4 is 15.9 Å². The van der Waals surface area contributed by atoms with Gasteiger partial charge < -0.3 is 10.1 Å². The number of hydrogen-bond donors (Lipinski definition) is 1. The van der Waals surface area contributed by atoms with Crippen LogP contribution in [0.4, 0.5) is 0 Å². The van der Waals surface area contributed by atoms with Crippen molar-refractivity contribution < 1.29 is 4.74 Å². The second kappa shape index (κ2) is 8.67. The highest BCUT2D eigenvalue weighted by molar-refractivity contribution is 9.10. The van der Waals surface area contributed by atoms with Gasteiger partial charge in [0, 0.05) is 24.2 Å². The van der Waals surface area contributed by atoms with Crippen molar-refractivity contribution in [3.63, 3.8) is 0 Å². The lowest BCUT2D eigenvalue weighted by atomic mass is 10.2. The van der Waals surface area contributed by atoms with E-state index in [1.807, 2.05) is 0 Å². The van der Waals surface area contributed by atoms with Gasteiger partial charge in [-0.1, -0.05) is 41.9 Å². The van der Waals surface area contributed by atoms with Gasteiger partial charge in [-0.15, -0.1) is 0 Å². The van der Waals surface area contributed by atoms with E-state index in [2.05, 4.69) is 59.4 Å². The molecule has 0 amide bonds. The van der Waals surface area contributed by atoms with Crippen LogP contribution in [0.15, 0.2) is 28.7 Å². The van der Waals surface area contributed by atoms with E-state index in [1.165, 1.54) is 5.56 Å². The fourth-order valence-electron chi connectivity index (χ4n) is 1.45. The molecule has 0 bridgehead atoms. The molecule has 96 valence electrons. The van der Waals surface area contributed by atoms with E-state index in [0.29, 0.717) is 5.92 Å². The highest BCUT2D eigenvalue weighted by atomic mass is 79.9. The molecule has 0 saturated carbocycles. The molecule has 0 aromatic heterocycles. The third-order valence-corrected chi connectivity index (χ3v) is 2.86. The first-order valence-corrected chi connectivity index (χ1v) is 7.00. The number of benzene rings is 1. The van der Waals surface area contributed by atoms with Crippen LogP contribution in [0.25, 0.3) is 0 Å². The average Bonchev–Trinajstić information content (AvgIpc) is 2.30. The summed E-state index contributed by atoms with van der Waals surface area (Å²) in [5, 5.41) is 3.41. The number of rotatable bonds is 8. The van der Waals surface area contributed by atoms with Gasteiger partial charge in [-0.05, 0) is 36.6 Å². The molecule has 0 heterocycles. The largest absolute Gasteiger partial charge is 0.381 e. The molecule has 1 aromatic rings. The quantitative estimate of drug-likeness (QED) is 0.741. The summed E-state index contributed by atoms with van der Waals surface area (Å²) in [7, 11) is 0. The van der Waals surface area contributed by atoms with Crippen LogP contribution in [0.2, 0.25) is 0 Å². The molecule has 0 fully saturated rings. The van der Waals surface area contributed by atoms with E-state index in [-0.39, 0.29) is 0 Å². The van der Waals surface area contributed by atoms with Crippen LogP contribution < -0.4 is 5.32 Å². The summed E-state index contributed by atoms with van der Waals surface area (Å²) in [6.07, 6.45) is 1.07. The van der Waals surface area contributed by atoms with Gasteiger partial charge in [-0.2, -0.15) is 0 Å². The Morgan fingerprint density at radius 3 is 2.59 bits per heavy atom. The predicted octanol–water partition coefficient (Wildman–Crippen LogP) is 3.60. The smallest absolute Gasteiger partial charge is 0.0489 e. The Morgan fingerprint density at radius 2 is 1.94 bits per heavy atom. The number of hydrogen-bond acceptors (Lipinski definition) is 2. The molecule has 0 aliphatic carbocycles. The van der Waals surface area contributed by atoms with Crippen LogP contribution in [0.5, 0.6) is 0 Å². The Hall–Kier alpha value is -0.380. The van der Waals surface area contributed by atoms with Crippen molar-refractivity contribution in [3.8, 4) is 0 Å². The summed E-state index contributed by atoms with van der Waals surface area (Å²) in [4.78, 5) is 0. The Kier molecular flexibility index (Phi) is 7.49. The summed E-state index contributed by atoms with van der Waals surface area (Å²) in [5.41, 5.74) is 1.32. The van der Waals surface area contributed by atoms with Gasteiger partial charge in [0.1, 0.15) is 0 Å². The number of halogens is 1. The standard InChI is InChI=1S/C14H22BrNO/c1-12(2)11-17-9-3-8-16-10-13-4-6-14(15)7-5-13/h4-7,12,16H,3,8-11H2,1-2H3. The van der Waals surface area contributed by atoms with Gasteiger partial charge >= 0.3 is 0 Å². The molecule has 0 spiro atoms. The third kappa shape index (κ3) is 7.53. The number of nitrogens with one attached hydrogen (secondary N) is 1. The normalized spacial score (nSPS) is 11.1. The van der Waals surface area contributed by atoms with E-state index in [0.717, 1.165) is 37.2 Å². The zero-order chi connectivity index (χ0) is 12.5. The second-order valence-corrected chi connectivity index (χ2v) is 5.54. The van der Waals surface area contributed by atoms with Gasteiger partial charge in [0.05, 0.1) is 0 Å². The third-order valence-electron chi connectivity index (χ3n) is 2.34. The molecule has 1 rings (SSSR count). The van der Waals surface area contributed by atoms with Crippen molar-refractivity contribution in [2.75, 3.05) is 19.8 Å². The van der Waals surface area contributed by atoms with Crippen LogP contribution in [0.3, 0.4) is 0 Å². The topological polar surface area (TPSA) is 21.3 Å². The van der Waals surface area contributed by atoms with E-state index in [1.54, 1.807) is 0 Å². The molecule has 0 aliphatic heterocycles. The van der Waals surface area contributed by atoms with E-state index in [9.17, 15) is 0 Å². The minimum atomic E-state index is 0.630. The zero-order valence-electron chi connectivity index (χ0n) is 10.7. The Morgan fingerprint density at radius 1 is 1.24 bits per heavy atom. The van der Waals surface area contributed by atoms with Gasteiger partial charge in [0.25, 0.3) is 0 Å². The van der Waals surface area contributed by atoms with Gasteiger partial charge in [0.2, 0.25) is 0 Å². The van der Waals surface area contributed by atoms with Crippen molar-refractivity contribution in [2.45, 2.75) is 26.8 Å². The first-order valence-electron chi connectivity index (χ1n) is 6.21. The minimum Gasteiger partial charge on any atom is -0.381 e. The second-order valence-electron chi connectivity index (χ2n) is 4.63. The SMILES string of the molecule is CC(C)COCCCNCc1ccc(Br)cc1. The van der Waals surface area contributed by atoms with Crippen LogP contribution in [0, 0.1) is 5.92 Å². The monoisotopic (exact) mass is 299 g/mol. The lowest BCUT2D eigenvalue weighted by Crippen LogP contribution is -2.16. The van der Waals surface area contributed by atoms with Gasteiger partial charge in [-0.3, -0.25) is 0 Å². The van der Waals surface area contributed by atoms with E-state index < -0.39 is 0 Å². The average molecular weight is 300 g/mol. The van der Waals surface area contributed by atoms with Crippen LogP contribution >= 0.6 is 15.9 Å². The number of ether oxygens (including phenoxy) is 1. The first kappa shape index (κ1) is 14.7. The molecule has 0 aliphatic rings. The fourth-order valence-corrected chi connectivity index (χ4v) is 1.72. The van der Waals surface area contributed by atoms with Crippen molar-refractivity contribution in [1.29, 1.82) is 0 Å². The molecule has 0 unspecified atom stereocenters. The highest BCUT2D eigenvalue weighted by Crippen LogP contribution is 2.10. The van der Waals surface area contributed by atoms with E-state index >= 15 is 0 Å². The highest BCUT2D eigenvalue weighted by Gasteiger charge is 1.95. The minimum absolute atomic E-state index is 0.630. The summed E-state index contributed by atoms with van der Waals surface area (Å²) in [6.45, 7) is 8.00. The molecule has 2 nitrogen and oxygen atoms in total. The first-order chi connectivity index (χ1) is 8.18. The molecule has 1 N–H and O–H groups in total. The molecular formula is C14H22BrNO. The maximum absolute atomic E-state index is 5.52. The summed E-state index contributed by atoms with van der Waals surface area (Å²) >= 11 is 3.43. The Bertz CT molecular complexity index is 298. The Labute approximate surface area is 113 Å². The molecule has 0 atom stereocenters. The van der Waals surface area contributed by atoms with Crippen LogP contribution in [-0.2, 0) is 11.3 Å². The summed E-state index contributed by atoms with van der Waals surface area (Å²) in [5.74, 6) is 0.630. The molecule has 1 aromatic carbocycles. The van der Waals surface area contributed by atoms with Gasteiger partial charge in [-0.25, -0.2) is 0 Å². The lowest BCUT2D eigenvalue weighted by Gasteiger charge is -2.07. The summed E-state index contributed by atoms with van der Waals surface area (Å²) < 4.78 is 6.64. The van der Waals surface area contributed by atoms with Crippen molar-refractivity contribution in [3.05, 3.63) is 34.3 Å². The maximum atomic E-state index is 5.52. The lowest BCUT2D eigenvalue weighted by molar-refractivity contribution is 0.108. The fraction of sp³-hybridized carbons (Fsp3) is 0.571. The Balaban J connectivity index is 1.99. The molecule has 0 saturated heterocycles. The van der Waals surface area contributed by atoms with Gasteiger partial charge in [0.15, 0.2) is 0 Å². The summed E-state index contributed by atoms with van der Waals surface area (Å²) in [6, 6.07) is 8.41. The molecule has 17 heavy (non-hydrogen) atoms. The van der Waals surface area contributed by atoms with E-state index in [4.69, 9.17) is 4.74 Å².